The monoisotopic (exact) mass is 273 g/mol. The van der Waals surface area contributed by atoms with Gasteiger partial charge in [-0.05, 0) is 30.9 Å². The first-order chi connectivity index (χ1) is 9.68. The van der Waals surface area contributed by atoms with Crippen LogP contribution >= 0.6 is 0 Å². The first-order valence-electron chi connectivity index (χ1n) is 7.23. The molecule has 0 N–H and O–H groups in total. The predicted octanol–water partition coefficient (Wildman–Crippen LogP) is 2.42. The van der Waals surface area contributed by atoms with Crippen molar-refractivity contribution in [1.82, 2.24) is 0 Å². The number of hydrogen-bond donors (Lipinski definition) is 0. The van der Waals surface area contributed by atoms with E-state index in [1.807, 2.05) is 31.2 Å². The topological polar surface area (TPSA) is 46.6 Å². The summed E-state index contributed by atoms with van der Waals surface area (Å²) >= 11 is 0. The number of carbonyl (C=O) groups excluding carboxylic acids is 2. The lowest BCUT2D eigenvalue weighted by Gasteiger charge is -2.26. The molecule has 3 rings (SSSR count). The van der Waals surface area contributed by atoms with Crippen LogP contribution < -0.4 is 4.90 Å². The van der Waals surface area contributed by atoms with E-state index in [9.17, 15) is 9.59 Å². The van der Waals surface area contributed by atoms with Gasteiger partial charge in [0, 0.05) is 25.1 Å². The zero-order valence-corrected chi connectivity index (χ0v) is 11.7. The Morgan fingerprint density at radius 3 is 2.90 bits per heavy atom. The maximum absolute atomic E-state index is 12.7. The SMILES string of the molecule is CC1CCOC1C(=O)N1CCCC(=O)c2ccccc21. The highest BCUT2D eigenvalue weighted by atomic mass is 16.5. The van der Waals surface area contributed by atoms with E-state index in [0.717, 1.165) is 12.1 Å². The molecular weight excluding hydrogens is 254 g/mol. The van der Waals surface area contributed by atoms with Crippen LogP contribution in [0.3, 0.4) is 0 Å². The molecule has 1 aromatic carbocycles. The summed E-state index contributed by atoms with van der Waals surface area (Å²) in [4.78, 5) is 26.6. The molecule has 0 radical (unpaired) electrons. The highest BCUT2D eigenvalue weighted by Gasteiger charge is 2.36. The summed E-state index contributed by atoms with van der Waals surface area (Å²) in [6, 6.07) is 7.38. The van der Waals surface area contributed by atoms with Crippen molar-refractivity contribution in [3.05, 3.63) is 29.8 Å². The van der Waals surface area contributed by atoms with E-state index in [-0.39, 0.29) is 23.7 Å². The van der Waals surface area contributed by atoms with Crippen LogP contribution in [0.1, 0.15) is 36.5 Å². The van der Waals surface area contributed by atoms with Crippen molar-refractivity contribution >= 4 is 17.4 Å². The Morgan fingerprint density at radius 1 is 1.35 bits per heavy atom. The smallest absolute Gasteiger partial charge is 0.256 e. The van der Waals surface area contributed by atoms with Crippen LogP contribution in [0.25, 0.3) is 0 Å². The number of benzene rings is 1. The van der Waals surface area contributed by atoms with Crippen molar-refractivity contribution in [1.29, 1.82) is 0 Å². The van der Waals surface area contributed by atoms with Crippen LogP contribution in [0.5, 0.6) is 0 Å². The van der Waals surface area contributed by atoms with E-state index in [2.05, 4.69) is 0 Å². The molecule has 4 nitrogen and oxygen atoms in total. The number of amides is 1. The summed E-state index contributed by atoms with van der Waals surface area (Å²) in [7, 11) is 0. The Hall–Kier alpha value is -1.68. The molecule has 2 heterocycles. The standard InChI is InChI=1S/C16H19NO3/c1-11-8-10-20-15(11)16(19)17-9-4-7-14(18)12-5-2-3-6-13(12)17/h2-3,5-6,11,15H,4,7-10H2,1H3. The van der Waals surface area contributed by atoms with E-state index in [0.29, 0.717) is 31.6 Å². The normalized spacial score (nSPS) is 26.2. The molecule has 1 saturated heterocycles. The number of Topliss-reactive ketones (excluding diaryl/α,β-unsaturated/α-hetero) is 1. The molecule has 2 aliphatic heterocycles. The van der Waals surface area contributed by atoms with Gasteiger partial charge in [-0.3, -0.25) is 9.59 Å². The zero-order valence-electron chi connectivity index (χ0n) is 11.7. The average Bonchev–Trinajstić information content (AvgIpc) is 2.81. The molecule has 0 spiro atoms. The molecule has 1 amide bonds. The number of fused-ring (bicyclic) bond motifs is 1. The predicted molar refractivity (Wildman–Crippen MR) is 75.9 cm³/mol. The average molecular weight is 273 g/mol. The summed E-state index contributed by atoms with van der Waals surface area (Å²) in [6.45, 7) is 3.28. The molecule has 2 unspecified atom stereocenters. The summed E-state index contributed by atoms with van der Waals surface area (Å²) in [5.74, 6) is 0.363. The summed E-state index contributed by atoms with van der Waals surface area (Å²) in [5, 5.41) is 0. The van der Waals surface area contributed by atoms with Crippen molar-refractivity contribution in [2.24, 2.45) is 5.92 Å². The van der Waals surface area contributed by atoms with Crippen molar-refractivity contribution < 1.29 is 14.3 Å². The maximum atomic E-state index is 12.7. The Kier molecular flexibility index (Phi) is 3.57. The van der Waals surface area contributed by atoms with Crippen LogP contribution in [0.4, 0.5) is 5.69 Å². The van der Waals surface area contributed by atoms with Crippen LogP contribution in [-0.4, -0.2) is 30.9 Å². The molecule has 1 fully saturated rings. The van der Waals surface area contributed by atoms with E-state index < -0.39 is 0 Å². The molecule has 4 heteroatoms. The van der Waals surface area contributed by atoms with Crippen LogP contribution in [0, 0.1) is 5.92 Å². The van der Waals surface area contributed by atoms with Crippen molar-refractivity contribution in [3.8, 4) is 0 Å². The van der Waals surface area contributed by atoms with Crippen molar-refractivity contribution in [2.45, 2.75) is 32.3 Å². The van der Waals surface area contributed by atoms with E-state index in [1.165, 1.54) is 0 Å². The highest BCUT2D eigenvalue weighted by Crippen LogP contribution is 2.30. The molecule has 1 aromatic rings. The third kappa shape index (κ3) is 2.24. The Morgan fingerprint density at radius 2 is 2.15 bits per heavy atom. The molecular formula is C16H19NO3. The van der Waals surface area contributed by atoms with Gasteiger partial charge in [0.2, 0.25) is 0 Å². The van der Waals surface area contributed by atoms with Crippen LogP contribution in [0.15, 0.2) is 24.3 Å². The van der Waals surface area contributed by atoms with E-state index in [1.54, 1.807) is 4.90 Å². The van der Waals surface area contributed by atoms with E-state index in [4.69, 9.17) is 4.74 Å². The number of ketones is 1. The first-order valence-corrected chi connectivity index (χ1v) is 7.23. The fraction of sp³-hybridized carbons (Fsp3) is 0.500. The minimum Gasteiger partial charge on any atom is -0.368 e. The number of nitrogens with zero attached hydrogens (tertiary/aromatic N) is 1. The number of para-hydroxylation sites is 1. The van der Waals surface area contributed by atoms with Crippen LogP contribution in [0.2, 0.25) is 0 Å². The molecule has 20 heavy (non-hydrogen) atoms. The van der Waals surface area contributed by atoms with Gasteiger partial charge in [-0.15, -0.1) is 0 Å². The number of ether oxygens (including phenoxy) is 1. The summed E-state index contributed by atoms with van der Waals surface area (Å²) < 4.78 is 5.59. The number of rotatable bonds is 1. The number of anilines is 1. The lowest BCUT2D eigenvalue weighted by molar-refractivity contribution is -0.128. The Labute approximate surface area is 118 Å². The minimum absolute atomic E-state index is 0.00264. The minimum atomic E-state index is -0.365. The first kappa shape index (κ1) is 13.3. The van der Waals surface area contributed by atoms with Crippen molar-refractivity contribution in [3.63, 3.8) is 0 Å². The summed E-state index contributed by atoms with van der Waals surface area (Å²) in [6.07, 6.45) is 1.77. The highest BCUT2D eigenvalue weighted by molar-refractivity contribution is 6.07. The van der Waals surface area contributed by atoms with Gasteiger partial charge in [0.05, 0.1) is 5.69 Å². The van der Waals surface area contributed by atoms with Gasteiger partial charge in [-0.1, -0.05) is 19.1 Å². The number of carbonyl (C=O) groups is 2. The molecule has 2 atom stereocenters. The second kappa shape index (κ2) is 5.37. The van der Waals surface area contributed by atoms with Gasteiger partial charge in [0.1, 0.15) is 6.10 Å². The molecule has 0 saturated carbocycles. The second-order valence-corrected chi connectivity index (χ2v) is 5.59. The fourth-order valence-corrected chi connectivity index (χ4v) is 2.99. The van der Waals surface area contributed by atoms with Gasteiger partial charge >= 0.3 is 0 Å². The molecule has 0 aliphatic carbocycles. The van der Waals surface area contributed by atoms with Crippen molar-refractivity contribution in [2.75, 3.05) is 18.1 Å². The van der Waals surface area contributed by atoms with Crippen LogP contribution in [-0.2, 0) is 9.53 Å². The van der Waals surface area contributed by atoms with Gasteiger partial charge in [-0.2, -0.15) is 0 Å². The number of hydrogen-bond acceptors (Lipinski definition) is 3. The second-order valence-electron chi connectivity index (χ2n) is 5.59. The molecule has 0 bridgehead atoms. The molecule has 2 aliphatic rings. The third-order valence-electron chi connectivity index (χ3n) is 4.18. The Bertz CT molecular complexity index is 540. The van der Waals surface area contributed by atoms with Gasteiger partial charge in [0.25, 0.3) is 5.91 Å². The molecule has 106 valence electrons. The summed E-state index contributed by atoms with van der Waals surface area (Å²) in [5.41, 5.74) is 1.40. The quantitative estimate of drug-likeness (QED) is 0.789. The lowest BCUT2D eigenvalue weighted by Crippen LogP contribution is -2.41. The third-order valence-corrected chi connectivity index (χ3v) is 4.18. The zero-order chi connectivity index (χ0) is 14.1. The van der Waals surface area contributed by atoms with Gasteiger partial charge in [-0.25, -0.2) is 0 Å². The van der Waals surface area contributed by atoms with Gasteiger partial charge < -0.3 is 9.64 Å². The fourth-order valence-electron chi connectivity index (χ4n) is 2.99. The Balaban J connectivity index is 1.95. The van der Waals surface area contributed by atoms with E-state index >= 15 is 0 Å². The molecule has 0 aromatic heterocycles. The van der Waals surface area contributed by atoms with Gasteiger partial charge in [0.15, 0.2) is 5.78 Å². The maximum Gasteiger partial charge on any atom is 0.256 e. The largest absolute Gasteiger partial charge is 0.368 e. The lowest BCUT2D eigenvalue weighted by atomic mass is 10.0.